The maximum absolute atomic E-state index is 12.5. The molecule has 2 aromatic rings. The van der Waals surface area contributed by atoms with E-state index in [1.807, 2.05) is 31.2 Å². The Morgan fingerprint density at radius 2 is 2.00 bits per heavy atom. The number of aromatic nitrogens is 3. The van der Waals surface area contributed by atoms with Gasteiger partial charge >= 0.3 is 0 Å². The van der Waals surface area contributed by atoms with E-state index in [1.54, 1.807) is 11.8 Å². The molecule has 2 aliphatic carbocycles. The number of hydrogen-bond donors (Lipinski definition) is 1. The molecule has 0 bridgehead atoms. The molecule has 2 saturated carbocycles. The van der Waals surface area contributed by atoms with Crippen LogP contribution < -0.4 is 5.32 Å². The van der Waals surface area contributed by atoms with Crippen LogP contribution in [0.2, 0.25) is 5.02 Å². The summed E-state index contributed by atoms with van der Waals surface area (Å²) in [5.41, 5.74) is 0.938. The van der Waals surface area contributed by atoms with Crippen LogP contribution in [-0.2, 0) is 4.79 Å². The molecular formula is C22H29ClN4OS. The van der Waals surface area contributed by atoms with E-state index < -0.39 is 0 Å². The van der Waals surface area contributed by atoms with Gasteiger partial charge in [0.15, 0.2) is 11.0 Å². The van der Waals surface area contributed by atoms with Gasteiger partial charge in [0, 0.05) is 16.7 Å². The van der Waals surface area contributed by atoms with Gasteiger partial charge in [-0.1, -0.05) is 55.1 Å². The second kappa shape index (κ2) is 9.52. The molecule has 5 nitrogen and oxygen atoms in total. The number of hydrogen-bond acceptors (Lipinski definition) is 4. The van der Waals surface area contributed by atoms with Crippen LogP contribution in [0.3, 0.4) is 0 Å². The van der Waals surface area contributed by atoms with Gasteiger partial charge in [-0.25, -0.2) is 0 Å². The number of thioether (sulfide) groups is 1. The fourth-order valence-electron chi connectivity index (χ4n) is 4.13. The topological polar surface area (TPSA) is 59.8 Å². The first-order valence-electron chi connectivity index (χ1n) is 10.8. The number of carbonyl (C=O) groups is 1. The van der Waals surface area contributed by atoms with Crippen molar-refractivity contribution < 1.29 is 4.79 Å². The van der Waals surface area contributed by atoms with Crippen LogP contribution in [-0.4, -0.2) is 26.4 Å². The van der Waals surface area contributed by atoms with Crippen LogP contribution in [0.4, 0.5) is 0 Å². The lowest BCUT2D eigenvalue weighted by molar-refractivity contribution is -0.128. The molecule has 7 heteroatoms. The van der Waals surface area contributed by atoms with E-state index in [2.05, 4.69) is 20.1 Å². The number of carbonyl (C=O) groups excluding carboxylic acids is 1. The molecule has 1 atom stereocenters. The molecule has 0 aliphatic heterocycles. The van der Waals surface area contributed by atoms with Crippen LogP contribution in [0.1, 0.15) is 70.2 Å². The molecule has 1 aromatic carbocycles. The van der Waals surface area contributed by atoms with Gasteiger partial charge in [0.05, 0.1) is 11.7 Å². The molecule has 1 amide bonds. The molecule has 0 spiro atoms. The minimum absolute atomic E-state index is 0.126. The fourth-order valence-corrected chi connectivity index (χ4v) is 5.45. The minimum Gasteiger partial charge on any atom is -0.346 e. The Kier molecular flexibility index (Phi) is 6.81. The Morgan fingerprint density at radius 1 is 1.21 bits per heavy atom. The first-order chi connectivity index (χ1) is 14.1. The van der Waals surface area contributed by atoms with E-state index in [1.165, 1.54) is 32.1 Å². The first-order valence-corrected chi connectivity index (χ1v) is 12.1. The number of nitrogens with one attached hydrogen (secondary N) is 1. The predicted octanol–water partition coefficient (Wildman–Crippen LogP) is 5.57. The second-order valence-electron chi connectivity index (χ2n) is 8.33. The summed E-state index contributed by atoms with van der Waals surface area (Å²) in [6.45, 7) is 1.98. The van der Waals surface area contributed by atoms with E-state index >= 15 is 0 Å². The maximum atomic E-state index is 12.5. The predicted molar refractivity (Wildman–Crippen MR) is 118 cm³/mol. The third-order valence-corrected chi connectivity index (χ3v) is 7.52. The zero-order chi connectivity index (χ0) is 20.2. The van der Waals surface area contributed by atoms with Crippen molar-refractivity contribution in [1.82, 2.24) is 20.1 Å². The van der Waals surface area contributed by atoms with E-state index in [-0.39, 0.29) is 17.9 Å². The van der Waals surface area contributed by atoms with Gasteiger partial charge in [0.25, 0.3) is 0 Å². The molecule has 1 N–H and O–H groups in total. The van der Waals surface area contributed by atoms with Crippen LogP contribution in [0.25, 0.3) is 5.69 Å². The lowest BCUT2D eigenvalue weighted by Crippen LogP contribution is -2.36. The molecule has 2 fully saturated rings. The molecule has 29 heavy (non-hydrogen) atoms. The summed E-state index contributed by atoms with van der Waals surface area (Å²) in [6, 6.07) is 7.54. The smallest absolute Gasteiger partial charge is 0.223 e. The van der Waals surface area contributed by atoms with Gasteiger partial charge in [-0.3, -0.25) is 9.36 Å². The molecule has 0 saturated heterocycles. The van der Waals surface area contributed by atoms with Crippen molar-refractivity contribution in [1.29, 1.82) is 0 Å². The Bertz CT molecular complexity index is 845. The van der Waals surface area contributed by atoms with E-state index in [9.17, 15) is 4.79 Å². The van der Waals surface area contributed by atoms with Crippen molar-refractivity contribution >= 4 is 29.3 Å². The third kappa shape index (κ3) is 4.97. The van der Waals surface area contributed by atoms with Crippen LogP contribution >= 0.6 is 23.4 Å². The Hall–Kier alpha value is -1.53. The summed E-state index contributed by atoms with van der Waals surface area (Å²) in [5, 5.41) is 13.7. The summed E-state index contributed by atoms with van der Waals surface area (Å²) in [5.74, 6) is 2.84. The highest BCUT2D eigenvalue weighted by Crippen LogP contribution is 2.32. The van der Waals surface area contributed by atoms with Crippen LogP contribution in [0.15, 0.2) is 29.4 Å². The van der Waals surface area contributed by atoms with Crippen molar-refractivity contribution in [2.75, 3.05) is 5.75 Å². The van der Waals surface area contributed by atoms with E-state index in [0.29, 0.717) is 5.02 Å². The molecule has 156 valence electrons. The van der Waals surface area contributed by atoms with Crippen molar-refractivity contribution in [2.24, 2.45) is 11.8 Å². The second-order valence-corrected chi connectivity index (χ2v) is 9.75. The van der Waals surface area contributed by atoms with Gasteiger partial charge in [-0.15, -0.1) is 10.2 Å². The summed E-state index contributed by atoms with van der Waals surface area (Å²) in [7, 11) is 0. The minimum atomic E-state index is -0.210. The standard InChI is InChI=1S/C22H29ClN4OS/c1-15(24-21(28)17-9-5-10-17)20-25-26-22(29-14-16-7-3-2-4-8-16)27(20)19-12-6-11-18(23)13-19/h6,11-13,15-17H,2-5,7-10,14H2,1H3,(H,24,28)/t15-/m0/s1. The molecule has 0 unspecified atom stereocenters. The highest BCUT2D eigenvalue weighted by molar-refractivity contribution is 7.99. The molecule has 1 heterocycles. The van der Waals surface area contributed by atoms with Gasteiger partial charge in [0.2, 0.25) is 5.91 Å². The number of nitrogens with zero attached hydrogens (tertiary/aromatic N) is 3. The zero-order valence-corrected chi connectivity index (χ0v) is 18.5. The number of rotatable bonds is 7. The lowest BCUT2D eigenvalue weighted by atomic mass is 9.84. The molecule has 1 aromatic heterocycles. The average Bonchev–Trinajstić information content (AvgIpc) is 3.10. The summed E-state index contributed by atoms with van der Waals surface area (Å²) in [6.07, 6.45) is 9.76. The summed E-state index contributed by atoms with van der Waals surface area (Å²) >= 11 is 8.03. The van der Waals surface area contributed by atoms with Crippen molar-refractivity contribution in [3.63, 3.8) is 0 Å². The van der Waals surface area contributed by atoms with E-state index in [0.717, 1.165) is 47.6 Å². The van der Waals surface area contributed by atoms with E-state index in [4.69, 9.17) is 11.6 Å². The van der Waals surface area contributed by atoms with Crippen molar-refractivity contribution in [2.45, 2.75) is 69.5 Å². The highest BCUT2D eigenvalue weighted by Gasteiger charge is 2.28. The number of halogens is 1. The summed E-state index contributed by atoms with van der Waals surface area (Å²) < 4.78 is 2.06. The Balaban J connectivity index is 1.56. The summed E-state index contributed by atoms with van der Waals surface area (Å²) in [4.78, 5) is 12.5. The van der Waals surface area contributed by atoms with Gasteiger partial charge in [-0.2, -0.15) is 0 Å². The fraction of sp³-hybridized carbons (Fsp3) is 0.591. The van der Waals surface area contributed by atoms with Gasteiger partial charge in [0.1, 0.15) is 0 Å². The largest absolute Gasteiger partial charge is 0.346 e. The zero-order valence-electron chi connectivity index (χ0n) is 16.9. The quantitative estimate of drug-likeness (QED) is 0.581. The maximum Gasteiger partial charge on any atom is 0.223 e. The molecule has 2 aliphatic rings. The molecular weight excluding hydrogens is 404 g/mol. The van der Waals surface area contributed by atoms with Crippen LogP contribution in [0, 0.1) is 11.8 Å². The van der Waals surface area contributed by atoms with Crippen molar-refractivity contribution in [3.05, 3.63) is 35.1 Å². The van der Waals surface area contributed by atoms with Crippen LogP contribution in [0.5, 0.6) is 0 Å². The Morgan fingerprint density at radius 3 is 2.69 bits per heavy atom. The SMILES string of the molecule is C[C@H](NC(=O)C1CCC1)c1nnc(SCC2CCCCC2)n1-c1cccc(Cl)c1. The van der Waals surface area contributed by atoms with Gasteiger partial charge in [-0.05, 0) is 56.7 Å². The Labute approximate surface area is 182 Å². The van der Waals surface area contributed by atoms with Gasteiger partial charge < -0.3 is 5.32 Å². The lowest BCUT2D eigenvalue weighted by Gasteiger charge is -2.26. The molecule has 4 rings (SSSR count). The van der Waals surface area contributed by atoms with Crippen molar-refractivity contribution in [3.8, 4) is 5.69 Å². The third-order valence-electron chi connectivity index (χ3n) is 6.12. The first kappa shape index (κ1) is 20.7. The number of benzene rings is 1. The normalized spacial score (nSPS) is 19.0. The monoisotopic (exact) mass is 432 g/mol. The average molecular weight is 433 g/mol. The number of amides is 1. The molecule has 0 radical (unpaired) electrons. The highest BCUT2D eigenvalue weighted by atomic mass is 35.5.